The quantitative estimate of drug-likeness (QED) is 0.585. The number of anilines is 1. The number of benzene rings is 2. The van der Waals surface area contributed by atoms with E-state index in [-0.39, 0.29) is 11.8 Å². The maximum Gasteiger partial charge on any atom is 0.241 e. The minimum Gasteiger partial charge on any atom is -0.338 e. The summed E-state index contributed by atoms with van der Waals surface area (Å²) in [6.07, 6.45) is 1.76. The number of hydrogen-bond acceptors (Lipinski definition) is 5. The lowest BCUT2D eigenvalue weighted by Crippen LogP contribution is -2.40. The van der Waals surface area contributed by atoms with Gasteiger partial charge in [-0.15, -0.1) is 0 Å². The van der Waals surface area contributed by atoms with E-state index < -0.39 is 0 Å². The molecule has 0 bridgehead atoms. The van der Waals surface area contributed by atoms with Gasteiger partial charge in [0.25, 0.3) is 0 Å². The highest BCUT2D eigenvalue weighted by molar-refractivity contribution is 6.42. The van der Waals surface area contributed by atoms with Crippen LogP contribution in [0.4, 0.5) is 5.69 Å². The SMILES string of the molecule is Cc1cccc(-c2noc(CN3CCCC(C(=O)Nc4ccc(Cl)c(Cl)c4)C3)n2)c1. The Kier molecular flexibility index (Phi) is 6.37. The van der Waals surface area contributed by atoms with Gasteiger partial charge in [0.15, 0.2) is 0 Å². The maximum atomic E-state index is 12.7. The van der Waals surface area contributed by atoms with Gasteiger partial charge in [-0.2, -0.15) is 4.98 Å². The van der Waals surface area contributed by atoms with Crippen molar-refractivity contribution in [1.82, 2.24) is 15.0 Å². The molecule has 1 aliphatic rings. The van der Waals surface area contributed by atoms with Crippen molar-refractivity contribution in [2.24, 2.45) is 5.92 Å². The number of aryl methyl sites for hydroxylation is 1. The van der Waals surface area contributed by atoms with Crippen molar-refractivity contribution < 1.29 is 9.32 Å². The van der Waals surface area contributed by atoms with Crippen LogP contribution in [0.3, 0.4) is 0 Å². The van der Waals surface area contributed by atoms with Crippen LogP contribution < -0.4 is 5.32 Å². The summed E-state index contributed by atoms with van der Waals surface area (Å²) in [5.41, 5.74) is 2.72. The number of halogens is 2. The number of nitrogens with zero attached hydrogens (tertiary/aromatic N) is 3. The molecule has 4 rings (SSSR count). The zero-order valence-corrected chi connectivity index (χ0v) is 18.1. The average Bonchev–Trinajstić information content (AvgIpc) is 3.19. The number of rotatable bonds is 5. The predicted molar refractivity (Wildman–Crippen MR) is 118 cm³/mol. The number of nitrogens with one attached hydrogen (secondary N) is 1. The Morgan fingerprint density at radius 1 is 1.23 bits per heavy atom. The van der Waals surface area contributed by atoms with E-state index in [1.54, 1.807) is 18.2 Å². The third-order valence-corrected chi connectivity index (χ3v) is 5.91. The fourth-order valence-corrected chi connectivity index (χ4v) is 3.94. The second-order valence-corrected chi connectivity index (χ2v) is 8.39. The summed E-state index contributed by atoms with van der Waals surface area (Å²) in [6, 6.07) is 13.1. The number of carbonyl (C=O) groups is 1. The monoisotopic (exact) mass is 444 g/mol. The Hall–Kier alpha value is -2.41. The number of piperidine rings is 1. The lowest BCUT2D eigenvalue weighted by atomic mass is 9.97. The van der Waals surface area contributed by atoms with E-state index in [2.05, 4.69) is 20.4 Å². The first-order chi connectivity index (χ1) is 14.5. The molecule has 1 aliphatic heterocycles. The summed E-state index contributed by atoms with van der Waals surface area (Å²) in [7, 11) is 0. The van der Waals surface area contributed by atoms with Crippen LogP contribution in [-0.2, 0) is 11.3 Å². The molecule has 0 spiro atoms. The van der Waals surface area contributed by atoms with E-state index in [0.717, 1.165) is 30.5 Å². The first-order valence-corrected chi connectivity index (χ1v) is 10.6. The van der Waals surface area contributed by atoms with E-state index in [1.165, 1.54) is 0 Å². The summed E-state index contributed by atoms with van der Waals surface area (Å²) < 4.78 is 5.45. The van der Waals surface area contributed by atoms with Gasteiger partial charge < -0.3 is 9.84 Å². The summed E-state index contributed by atoms with van der Waals surface area (Å²) in [4.78, 5) is 19.4. The second kappa shape index (κ2) is 9.16. The molecule has 8 heteroatoms. The summed E-state index contributed by atoms with van der Waals surface area (Å²) in [6.45, 7) is 4.07. The Morgan fingerprint density at radius 3 is 2.90 bits per heavy atom. The van der Waals surface area contributed by atoms with Crippen molar-refractivity contribution in [2.75, 3.05) is 18.4 Å². The van der Waals surface area contributed by atoms with Crippen molar-refractivity contribution in [3.8, 4) is 11.4 Å². The second-order valence-electron chi connectivity index (χ2n) is 7.57. The van der Waals surface area contributed by atoms with Crippen molar-refractivity contribution in [1.29, 1.82) is 0 Å². The van der Waals surface area contributed by atoms with Crippen molar-refractivity contribution in [3.63, 3.8) is 0 Å². The first kappa shape index (κ1) is 20.8. The van der Waals surface area contributed by atoms with Crippen LogP contribution in [0.25, 0.3) is 11.4 Å². The molecule has 3 aromatic rings. The Balaban J connectivity index is 1.37. The molecular weight excluding hydrogens is 423 g/mol. The van der Waals surface area contributed by atoms with Crippen molar-refractivity contribution in [2.45, 2.75) is 26.3 Å². The fraction of sp³-hybridized carbons (Fsp3) is 0.318. The first-order valence-electron chi connectivity index (χ1n) is 9.86. The zero-order valence-electron chi connectivity index (χ0n) is 16.6. The molecule has 6 nitrogen and oxygen atoms in total. The van der Waals surface area contributed by atoms with Crippen LogP contribution in [0, 0.1) is 12.8 Å². The number of aromatic nitrogens is 2. The van der Waals surface area contributed by atoms with E-state index in [1.807, 2.05) is 31.2 Å². The zero-order chi connectivity index (χ0) is 21.1. The van der Waals surface area contributed by atoms with Gasteiger partial charge in [0.1, 0.15) is 0 Å². The summed E-state index contributed by atoms with van der Waals surface area (Å²) in [5.74, 6) is 0.994. The van der Waals surface area contributed by atoms with E-state index >= 15 is 0 Å². The van der Waals surface area contributed by atoms with Crippen LogP contribution in [-0.4, -0.2) is 34.0 Å². The Bertz CT molecular complexity index is 1050. The van der Waals surface area contributed by atoms with Gasteiger partial charge in [-0.05, 0) is 50.6 Å². The van der Waals surface area contributed by atoms with Crippen LogP contribution in [0.15, 0.2) is 47.0 Å². The van der Waals surface area contributed by atoms with Crippen molar-refractivity contribution >= 4 is 34.8 Å². The van der Waals surface area contributed by atoms with Gasteiger partial charge in [-0.1, -0.05) is 52.1 Å². The Morgan fingerprint density at radius 2 is 2.10 bits per heavy atom. The van der Waals surface area contributed by atoms with E-state index in [9.17, 15) is 4.79 Å². The molecule has 2 heterocycles. The van der Waals surface area contributed by atoms with Crippen LogP contribution in [0.1, 0.15) is 24.3 Å². The molecule has 1 N–H and O–H groups in total. The van der Waals surface area contributed by atoms with E-state index in [4.69, 9.17) is 27.7 Å². The number of hydrogen-bond donors (Lipinski definition) is 1. The fourth-order valence-electron chi connectivity index (χ4n) is 3.64. The van der Waals surface area contributed by atoms with Gasteiger partial charge in [-0.3, -0.25) is 9.69 Å². The highest BCUT2D eigenvalue weighted by Crippen LogP contribution is 2.26. The van der Waals surface area contributed by atoms with Gasteiger partial charge in [0.05, 0.1) is 22.5 Å². The molecule has 1 fully saturated rings. The van der Waals surface area contributed by atoms with E-state index in [0.29, 0.717) is 40.5 Å². The van der Waals surface area contributed by atoms with Gasteiger partial charge in [-0.25, -0.2) is 0 Å². The Labute approximate surface area is 185 Å². The molecule has 1 aromatic heterocycles. The summed E-state index contributed by atoms with van der Waals surface area (Å²) in [5, 5.41) is 7.92. The molecule has 1 amide bonds. The number of likely N-dealkylation sites (tertiary alicyclic amines) is 1. The largest absolute Gasteiger partial charge is 0.338 e. The third-order valence-electron chi connectivity index (χ3n) is 5.17. The molecule has 0 radical (unpaired) electrons. The smallest absolute Gasteiger partial charge is 0.241 e. The average molecular weight is 445 g/mol. The molecule has 2 aromatic carbocycles. The minimum atomic E-state index is -0.118. The lowest BCUT2D eigenvalue weighted by molar-refractivity contribution is -0.121. The van der Waals surface area contributed by atoms with Gasteiger partial charge >= 0.3 is 0 Å². The van der Waals surface area contributed by atoms with Crippen LogP contribution in [0.2, 0.25) is 10.0 Å². The maximum absolute atomic E-state index is 12.7. The topological polar surface area (TPSA) is 71.3 Å². The van der Waals surface area contributed by atoms with Crippen LogP contribution in [0.5, 0.6) is 0 Å². The molecule has 0 saturated carbocycles. The molecule has 1 atom stereocenters. The van der Waals surface area contributed by atoms with Gasteiger partial charge in [0.2, 0.25) is 17.6 Å². The predicted octanol–water partition coefficient (Wildman–Crippen LogP) is 5.20. The minimum absolute atomic E-state index is 0.0240. The molecule has 156 valence electrons. The number of carbonyl (C=O) groups excluding carboxylic acids is 1. The highest BCUT2D eigenvalue weighted by Gasteiger charge is 2.27. The van der Waals surface area contributed by atoms with Crippen LogP contribution >= 0.6 is 23.2 Å². The summed E-state index contributed by atoms with van der Waals surface area (Å²) >= 11 is 12.0. The molecular formula is C22H22Cl2N4O2. The molecule has 30 heavy (non-hydrogen) atoms. The molecule has 1 unspecified atom stereocenters. The molecule has 0 aliphatic carbocycles. The standard InChI is InChI=1S/C22H22Cl2N4O2/c1-14-4-2-5-15(10-14)21-26-20(30-27-21)13-28-9-3-6-16(12-28)22(29)25-17-7-8-18(23)19(24)11-17/h2,4-5,7-8,10-11,16H,3,6,9,12-13H2,1H3,(H,25,29). The lowest BCUT2D eigenvalue weighted by Gasteiger charge is -2.30. The normalized spacial score (nSPS) is 17.1. The highest BCUT2D eigenvalue weighted by atomic mass is 35.5. The molecule has 1 saturated heterocycles. The third kappa shape index (κ3) is 5.01. The number of amides is 1. The van der Waals surface area contributed by atoms with Gasteiger partial charge in [0, 0.05) is 17.8 Å². The van der Waals surface area contributed by atoms with Crippen molar-refractivity contribution in [3.05, 3.63) is 64.0 Å².